The van der Waals surface area contributed by atoms with Crippen LogP contribution in [0.2, 0.25) is 0 Å². The Morgan fingerprint density at radius 3 is 1.72 bits per heavy atom. The molecule has 0 spiro atoms. The molecule has 6 aromatic rings. The van der Waals surface area contributed by atoms with Gasteiger partial charge in [-0.1, -0.05) is 42.5 Å². The van der Waals surface area contributed by atoms with Gasteiger partial charge in [-0.25, -0.2) is 0 Å². The molecule has 0 aliphatic heterocycles. The number of hydrogen-bond donors (Lipinski definition) is 2. The Morgan fingerprint density at radius 1 is 0.674 bits per heavy atom. The van der Waals surface area contributed by atoms with Gasteiger partial charge < -0.3 is 14.7 Å². The van der Waals surface area contributed by atoms with E-state index in [4.69, 9.17) is 4.74 Å². The van der Waals surface area contributed by atoms with E-state index in [9.17, 15) is 30.8 Å². The number of ether oxygens (including phenoxy) is 1. The quantitative estimate of drug-likeness (QED) is 0.0762. The van der Waals surface area contributed by atoms with Crippen LogP contribution in [0.3, 0.4) is 0 Å². The standard InChI is InChI=1S/C35H22N6O5/c1-46-25-12-13-33-27(16-25)31(20-39-33)29(18-37)35(22-7-5-9-24(15-22)41(44)45)34(21-6-4-8-23(14-21)40(42)43)28(17-36)30-19-38-32-11-3-2-10-26(30)32/h2-16,19-20,38-39H,1H3/b34-28+,35-29+. The van der Waals surface area contributed by atoms with Gasteiger partial charge >= 0.3 is 0 Å². The number of hydrogen-bond acceptors (Lipinski definition) is 7. The fourth-order valence-corrected chi connectivity index (χ4v) is 5.59. The van der Waals surface area contributed by atoms with Crippen LogP contribution >= 0.6 is 0 Å². The van der Waals surface area contributed by atoms with Gasteiger partial charge in [0.15, 0.2) is 0 Å². The van der Waals surface area contributed by atoms with Gasteiger partial charge in [-0.15, -0.1) is 0 Å². The first-order chi connectivity index (χ1) is 22.3. The number of non-ortho nitro benzene ring substituents is 2. The molecule has 222 valence electrons. The van der Waals surface area contributed by atoms with Crippen LogP contribution in [0, 0.1) is 42.9 Å². The maximum atomic E-state index is 11.9. The van der Waals surface area contributed by atoms with E-state index in [1.54, 1.807) is 42.7 Å². The third-order valence-corrected chi connectivity index (χ3v) is 7.68. The number of rotatable bonds is 8. The zero-order valence-electron chi connectivity index (χ0n) is 24.1. The first-order valence-electron chi connectivity index (χ1n) is 13.8. The van der Waals surface area contributed by atoms with E-state index in [0.717, 1.165) is 5.52 Å². The SMILES string of the molecule is COc1ccc2[nH]cc(/C(C#N)=C(/C(=C(\C#N)c3c[nH]c4ccccc34)c3cccc([N+](=O)[O-])c3)c3cccc([N+](=O)[O-])c3)c2c1. The van der Waals surface area contributed by atoms with Crippen molar-refractivity contribution in [2.45, 2.75) is 0 Å². The number of nitro groups is 2. The largest absolute Gasteiger partial charge is 0.497 e. The number of benzene rings is 4. The number of methoxy groups -OCH3 is 1. The Balaban J connectivity index is 1.83. The average molecular weight is 607 g/mol. The van der Waals surface area contributed by atoms with E-state index in [0.29, 0.717) is 33.2 Å². The monoisotopic (exact) mass is 606 g/mol. The molecule has 2 N–H and O–H groups in total. The van der Waals surface area contributed by atoms with E-state index in [1.807, 2.05) is 24.3 Å². The van der Waals surface area contributed by atoms with Gasteiger partial charge in [-0.05, 0) is 35.4 Å². The molecule has 46 heavy (non-hydrogen) atoms. The molecule has 4 aromatic carbocycles. The van der Waals surface area contributed by atoms with Gasteiger partial charge in [0, 0.05) is 80.7 Å². The summed E-state index contributed by atoms with van der Waals surface area (Å²) in [6.45, 7) is 0. The number of fused-ring (bicyclic) bond motifs is 2. The molecule has 2 heterocycles. The third-order valence-electron chi connectivity index (χ3n) is 7.68. The van der Waals surface area contributed by atoms with E-state index >= 15 is 0 Å². The minimum absolute atomic E-state index is 0.0779. The summed E-state index contributed by atoms with van der Waals surface area (Å²) in [6.07, 6.45) is 3.30. The van der Waals surface area contributed by atoms with Gasteiger partial charge in [0.2, 0.25) is 0 Å². The van der Waals surface area contributed by atoms with Crippen molar-refractivity contribution in [2.24, 2.45) is 0 Å². The Labute approximate surface area is 261 Å². The smallest absolute Gasteiger partial charge is 0.270 e. The second-order valence-corrected chi connectivity index (χ2v) is 10.2. The molecule has 0 radical (unpaired) electrons. The predicted molar refractivity (Wildman–Crippen MR) is 174 cm³/mol. The normalized spacial score (nSPS) is 12.2. The second-order valence-electron chi connectivity index (χ2n) is 10.2. The van der Waals surface area contributed by atoms with Crippen LogP contribution < -0.4 is 4.74 Å². The van der Waals surface area contributed by atoms with Crippen LogP contribution in [0.4, 0.5) is 11.4 Å². The van der Waals surface area contributed by atoms with Crippen LogP contribution in [-0.2, 0) is 0 Å². The van der Waals surface area contributed by atoms with Gasteiger partial charge in [0.1, 0.15) is 17.9 Å². The summed E-state index contributed by atoms with van der Waals surface area (Å²) < 4.78 is 5.44. The molecule has 0 unspecified atom stereocenters. The fraction of sp³-hybridized carbons (Fsp3) is 0.0286. The first-order valence-corrected chi connectivity index (χ1v) is 13.8. The topological polar surface area (TPSA) is 175 Å². The molecule has 0 aliphatic rings. The Morgan fingerprint density at radius 2 is 1.20 bits per heavy atom. The lowest BCUT2D eigenvalue weighted by Crippen LogP contribution is -2.01. The summed E-state index contributed by atoms with van der Waals surface area (Å²) in [7, 11) is 1.52. The lowest BCUT2D eigenvalue weighted by molar-refractivity contribution is -0.385. The van der Waals surface area contributed by atoms with Gasteiger partial charge in [0.05, 0.1) is 28.1 Å². The van der Waals surface area contributed by atoms with Crippen molar-refractivity contribution in [3.63, 3.8) is 0 Å². The van der Waals surface area contributed by atoms with Crippen LogP contribution in [0.5, 0.6) is 5.75 Å². The summed E-state index contributed by atoms with van der Waals surface area (Å²) in [6, 6.07) is 28.7. The highest BCUT2D eigenvalue weighted by Gasteiger charge is 2.27. The number of aromatic nitrogens is 2. The molecule has 0 atom stereocenters. The molecule has 11 nitrogen and oxygen atoms in total. The highest BCUT2D eigenvalue weighted by atomic mass is 16.6. The van der Waals surface area contributed by atoms with Crippen LogP contribution in [0.25, 0.3) is 44.1 Å². The minimum atomic E-state index is -0.550. The van der Waals surface area contributed by atoms with Crippen molar-refractivity contribution in [3.05, 3.63) is 146 Å². The molecule has 0 saturated carbocycles. The number of nitro benzene ring substituents is 2. The van der Waals surface area contributed by atoms with Crippen molar-refractivity contribution in [1.29, 1.82) is 10.5 Å². The van der Waals surface area contributed by atoms with E-state index in [1.165, 1.54) is 43.5 Å². The third kappa shape index (κ3) is 5.10. The molecule has 0 aliphatic carbocycles. The number of allylic oxidation sites excluding steroid dienone is 4. The minimum Gasteiger partial charge on any atom is -0.497 e. The van der Waals surface area contributed by atoms with E-state index in [-0.39, 0.29) is 44.8 Å². The van der Waals surface area contributed by atoms with E-state index in [2.05, 4.69) is 22.1 Å². The number of nitriles is 2. The maximum absolute atomic E-state index is 11.9. The van der Waals surface area contributed by atoms with Crippen molar-refractivity contribution >= 4 is 55.5 Å². The molecular formula is C35H22N6O5. The van der Waals surface area contributed by atoms with Crippen molar-refractivity contribution < 1.29 is 14.6 Å². The Bertz CT molecular complexity index is 2350. The summed E-state index contributed by atoms with van der Waals surface area (Å²) in [5.41, 5.74) is 2.96. The molecule has 6 rings (SSSR count). The number of nitrogens with zero attached hydrogens (tertiary/aromatic N) is 4. The van der Waals surface area contributed by atoms with Crippen molar-refractivity contribution in [2.75, 3.05) is 7.11 Å². The van der Waals surface area contributed by atoms with Gasteiger partial charge in [0.25, 0.3) is 11.4 Å². The maximum Gasteiger partial charge on any atom is 0.270 e. The summed E-state index contributed by atoms with van der Waals surface area (Å²) in [4.78, 5) is 29.1. The second kappa shape index (κ2) is 12.0. The zero-order chi connectivity index (χ0) is 32.4. The Kier molecular flexibility index (Phi) is 7.56. The first kappa shape index (κ1) is 29.1. The van der Waals surface area contributed by atoms with Crippen LogP contribution in [0.1, 0.15) is 22.3 Å². The molecule has 2 aromatic heterocycles. The van der Waals surface area contributed by atoms with Gasteiger partial charge in [-0.3, -0.25) is 20.2 Å². The van der Waals surface area contributed by atoms with Crippen molar-refractivity contribution in [1.82, 2.24) is 9.97 Å². The molecule has 0 bridgehead atoms. The summed E-state index contributed by atoms with van der Waals surface area (Å²) in [5, 5.41) is 46.9. The zero-order valence-corrected chi connectivity index (χ0v) is 24.1. The molecule has 0 saturated heterocycles. The van der Waals surface area contributed by atoms with Gasteiger partial charge in [-0.2, -0.15) is 10.5 Å². The van der Waals surface area contributed by atoms with Crippen molar-refractivity contribution in [3.8, 4) is 17.9 Å². The molecular weight excluding hydrogens is 584 g/mol. The predicted octanol–water partition coefficient (Wildman–Crippen LogP) is 8.04. The lowest BCUT2D eigenvalue weighted by atomic mass is 9.82. The summed E-state index contributed by atoms with van der Waals surface area (Å²) >= 11 is 0. The molecule has 11 heteroatoms. The number of para-hydroxylation sites is 1. The highest BCUT2D eigenvalue weighted by Crippen LogP contribution is 2.45. The van der Waals surface area contributed by atoms with Crippen LogP contribution in [0.15, 0.2) is 103 Å². The van der Waals surface area contributed by atoms with Crippen LogP contribution in [-0.4, -0.2) is 26.9 Å². The average Bonchev–Trinajstić information content (AvgIpc) is 3.70. The Hall–Kier alpha value is -6.98. The number of H-pyrrole nitrogens is 2. The summed E-state index contributed by atoms with van der Waals surface area (Å²) in [5.74, 6) is 0.536. The lowest BCUT2D eigenvalue weighted by Gasteiger charge is -2.18. The fourth-order valence-electron chi connectivity index (χ4n) is 5.59. The van der Waals surface area contributed by atoms with E-state index < -0.39 is 9.85 Å². The molecule has 0 fully saturated rings. The molecule has 0 amide bonds. The highest BCUT2D eigenvalue weighted by molar-refractivity contribution is 6.27. The number of nitrogens with one attached hydrogen (secondary N) is 2. The number of aromatic amines is 2.